The average molecular weight is 297 g/mol. The average Bonchev–Trinajstić information content (AvgIpc) is 2.30. The Hall–Kier alpha value is 0.0700. The molecule has 0 unspecified atom stereocenters. The molecule has 1 aromatic rings. The molecule has 1 aromatic carbocycles. The molecule has 0 aliphatic heterocycles. The molecule has 100 valence electrons. The summed E-state index contributed by atoms with van der Waals surface area (Å²) in [6.07, 6.45) is 3.28. The molecule has 0 spiro atoms. The standard InChI is InChI=1S/C12H20N2S.2ClH/c1-13-8-3-9-14-10-11-4-6-12(15-2)7-5-11;;/h4-7,13-14H,3,8-10H2,1-2H3;2*1H. The van der Waals surface area contributed by atoms with Crippen molar-refractivity contribution in [3.8, 4) is 0 Å². The van der Waals surface area contributed by atoms with Gasteiger partial charge in [0.25, 0.3) is 0 Å². The van der Waals surface area contributed by atoms with Crippen molar-refractivity contribution in [3.63, 3.8) is 0 Å². The third-order valence-corrected chi connectivity index (χ3v) is 3.01. The van der Waals surface area contributed by atoms with E-state index >= 15 is 0 Å². The van der Waals surface area contributed by atoms with E-state index in [1.165, 1.54) is 16.9 Å². The summed E-state index contributed by atoms with van der Waals surface area (Å²) in [4.78, 5) is 1.33. The fourth-order valence-corrected chi connectivity index (χ4v) is 1.77. The van der Waals surface area contributed by atoms with Crippen LogP contribution in [0.1, 0.15) is 12.0 Å². The molecule has 1 rings (SSSR count). The van der Waals surface area contributed by atoms with Gasteiger partial charge in [-0.1, -0.05) is 12.1 Å². The molecule has 2 nitrogen and oxygen atoms in total. The van der Waals surface area contributed by atoms with Crippen molar-refractivity contribution in [2.45, 2.75) is 17.9 Å². The molecule has 0 radical (unpaired) electrons. The highest BCUT2D eigenvalue weighted by Crippen LogP contribution is 2.14. The zero-order valence-corrected chi connectivity index (χ0v) is 12.8. The van der Waals surface area contributed by atoms with Crippen LogP contribution in [0.4, 0.5) is 0 Å². The summed E-state index contributed by atoms with van der Waals surface area (Å²) in [6, 6.07) is 8.73. The third-order valence-electron chi connectivity index (χ3n) is 2.27. The van der Waals surface area contributed by atoms with E-state index in [4.69, 9.17) is 0 Å². The number of nitrogens with one attached hydrogen (secondary N) is 2. The minimum absolute atomic E-state index is 0. The van der Waals surface area contributed by atoms with Gasteiger partial charge in [0.2, 0.25) is 0 Å². The van der Waals surface area contributed by atoms with Gasteiger partial charge in [0.1, 0.15) is 0 Å². The van der Waals surface area contributed by atoms with Crippen LogP contribution in [0, 0.1) is 0 Å². The first kappa shape index (κ1) is 19.4. The second-order valence-corrected chi connectivity index (χ2v) is 4.36. The zero-order chi connectivity index (χ0) is 10.9. The maximum Gasteiger partial charge on any atom is 0.0205 e. The van der Waals surface area contributed by atoms with Crippen LogP contribution in [0.25, 0.3) is 0 Å². The van der Waals surface area contributed by atoms with E-state index in [1.54, 1.807) is 11.8 Å². The van der Waals surface area contributed by atoms with Gasteiger partial charge in [0.05, 0.1) is 0 Å². The Morgan fingerprint density at radius 3 is 2.24 bits per heavy atom. The van der Waals surface area contributed by atoms with Crippen LogP contribution in [-0.4, -0.2) is 26.4 Å². The molecular formula is C12H22Cl2N2S. The fourth-order valence-electron chi connectivity index (χ4n) is 1.37. The number of hydrogen-bond acceptors (Lipinski definition) is 3. The van der Waals surface area contributed by atoms with Gasteiger partial charge in [0, 0.05) is 11.4 Å². The van der Waals surface area contributed by atoms with Crippen LogP contribution < -0.4 is 10.6 Å². The van der Waals surface area contributed by atoms with E-state index in [-0.39, 0.29) is 24.8 Å². The Labute approximate surface area is 121 Å². The van der Waals surface area contributed by atoms with Crippen LogP contribution in [0.3, 0.4) is 0 Å². The normalized spacial score (nSPS) is 9.29. The van der Waals surface area contributed by atoms with Crippen molar-refractivity contribution in [1.29, 1.82) is 0 Å². The fraction of sp³-hybridized carbons (Fsp3) is 0.500. The predicted octanol–water partition coefficient (Wildman–Crippen LogP) is 2.95. The van der Waals surface area contributed by atoms with Crippen molar-refractivity contribution in [2.75, 3.05) is 26.4 Å². The molecule has 2 N–H and O–H groups in total. The second-order valence-electron chi connectivity index (χ2n) is 3.48. The zero-order valence-electron chi connectivity index (χ0n) is 10.4. The van der Waals surface area contributed by atoms with Crippen LogP contribution in [-0.2, 0) is 6.54 Å². The number of halogens is 2. The maximum absolute atomic E-state index is 3.43. The maximum atomic E-state index is 3.43. The lowest BCUT2D eigenvalue weighted by Gasteiger charge is -2.05. The Bertz CT molecular complexity index is 268. The molecule has 5 heteroatoms. The monoisotopic (exact) mass is 296 g/mol. The molecule has 17 heavy (non-hydrogen) atoms. The van der Waals surface area contributed by atoms with Gasteiger partial charge in [-0.15, -0.1) is 36.6 Å². The highest BCUT2D eigenvalue weighted by Gasteiger charge is 1.93. The Morgan fingerprint density at radius 2 is 1.71 bits per heavy atom. The molecule has 0 aliphatic carbocycles. The number of hydrogen-bond donors (Lipinski definition) is 2. The number of thioether (sulfide) groups is 1. The van der Waals surface area contributed by atoms with Crippen LogP contribution in [0.2, 0.25) is 0 Å². The Balaban J connectivity index is 0. The lowest BCUT2D eigenvalue weighted by atomic mass is 10.2. The first-order valence-electron chi connectivity index (χ1n) is 5.35. The molecule has 0 aliphatic rings. The Morgan fingerprint density at radius 1 is 1.06 bits per heavy atom. The van der Waals surface area contributed by atoms with Gasteiger partial charge < -0.3 is 10.6 Å². The molecule has 0 atom stereocenters. The highest BCUT2D eigenvalue weighted by molar-refractivity contribution is 7.98. The number of benzene rings is 1. The van der Waals surface area contributed by atoms with E-state index in [0.29, 0.717) is 0 Å². The first-order valence-corrected chi connectivity index (χ1v) is 6.57. The largest absolute Gasteiger partial charge is 0.320 e. The minimum atomic E-state index is 0. The summed E-state index contributed by atoms with van der Waals surface area (Å²) in [5, 5.41) is 6.57. The van der Waals surface area contributed by atoms with Crippen LogP contribution in [0.5, 0.6) is 0 Å². The van der Waals surface area contributed by atoms with Crippen LogP contribution in [0.15, 0.2) is 29.2 Å². The van der Waals surface area contributed by atoms with Crippen molar-refractivity contribution >= 4 is 36.6 Å². The predicted molar refractivity (Wildman–Crippen MR) is 83.0 cm³/mol. The smallest absolute Gasteiger partial charge is 0.0205 e. The van der Waals surface area contributed by atoms with E-state index in [0.717, 1.165) is 19.6 Å². The third kappa shape index (κ3) is 8.75. The van der Waals surface area contributed by atoms with Gasteiger partial charge in [-0.25, -0.2) is 0 Å². The van der Waals surface area contributed by atoms with E-state index < -0.39 is 0 Å². The molecule has 0 fully saturated rings. The molecular weight excluding hydrogens is 275 g/mol. The van der Waals surface area contributed by atoms with Crippen molar-refractivity contribution in [1.82, 2.24) is 10.6 Å². The van der Waals surface area contributed by atoms with Crippen LogP contribution >= 0.6 is 36.6 Å². The van der Waals surface area contributed by atoms with Crippen molar-refractivity contribution in [3.05, 3.63) is 29.8 Å². The highest BCUT2D eigenvalue weighted by atomic mass is 35.5. The molecule has 0 amide bonds. The molecule has 0 saturated heterocycles. The van der Waals surface area contributed by atoms with E-state index in [2.05, 4.69) is 41.2 Å². The SMILES string of the molecule is CNCCCNCc1ccc(SC)cc1.Cl.Cl. The van der Waals surface area contributed by atoms with E-state index in [9.17, 15) is 0 Å². The summed E-state index contributed by atoms with van der Waals surface area (Å²) in [7, 11) is 1.99. The summed E-state index contributed by atoms with van der Waals surface area (Å²) in [5.74, 6) is 0. The summed E-state index contributed by atoms with van der Waals surface area (Å²) >= 11 is 1.78. The van der Waals surface area contributed by atoms with Gasteiger partial charge in [-0.3, -0.25) is 0 Å². The molecule has 0 bridgehead atoms. The van der Waals surface area contributed by atoms with Gasteiger partial charge in [-0.05, 0) is 50.5 Å². The Kier molecular flexibility index (Phi) is 14.3. The first-order chi connectivity index (χ1) is 7.36. The van der Waals surface area contributed by atoms with Crippen molar-refractivity contribution < 1.29 is 0 Å². The van der Waals surface area contributed by atoms with Gasteiger partial charge in [-0.2, -0.15) is 0 Å². The lowest BCUT2D eigenvalue weighted by Crippen LogP contribution is -2.19. The molecule has 0 heterocycles. The molecule has 0 saturated carbocycles. The quantitative estimate of drug-likeness (QED) is 0.598. The second kappa shape index (κ2) is 12.5. The molecule has 0 aromatic heterocycles. The topological polar surface area (TPSA) is 24.1 Å². The minimum Gasteiger partial charge on any atom is -0.320 e. The van der Waals surface area contributed by atoms with Crippen molar-refractivity contribution in [2.24, 2.45) is 0 Å². The summed E-state index contributed by atoms with van der Waals surface area (Å²) in [5.41, 5.74) is 1.36. The van der Waals surface area contributed by atoms with E-state index in [1.807, 2.05) is 7.05 Å². The number of rotatable bonds is 7. The van der Waals surface area contributed by atoms with Gasteiger partial charge >= 0.3 is 0 Å². The lowest BCUT2D eigenvalue weighted by molar-refractivity contribution is 0.625. The summed E-state index contributed by atoms with van der Waals surface area (Å²) in [6.45, 7) is 3.13. The summed E-state index contributed by atoms with van der Waals surface area (Å²) < 4.78 is 0. The van der Waals surface area contributed by atoms with Gasteiger partial charge in [0.15, 0.2) is 0 Å².